The molecule has 2 aromatic rings. The number of rotatable bonds is 10. The molecule has 1 unspecified atom stereocenters. The van der Waals surface area contributed by atoms with Crippen LogP contribution >= 0.6 is 0 Å². The molecule has 2 aliphatic rings. The molecule has 2 amide bonds. The summed E-state index contributed by atoms with van der Waals surface area (Å²) in [5, 5.41) is 14.5. The number of benzene rings is 2. The van der Waals surface area contributed by atoms with E-state index in [1.807, 2.05) is 24.3 Å². The van der Waals surface area contributed by atoms with E-state index in [4.69, 9.17) is 14.6 Å². The van der Waals surface area contributed by atoms with Gasteiger partial charge in [-0.1, -0.05) is 55.0 Å². The third-order valence-corrected chi connectivity index (χ3v) is 6.93. The van der Waals surface area contributed by atoms with Crippen LogP contribution in [0.4, 0.5) is 4.79 Å². The molecule has 4 rings (SSSR count). The first kappa shape index (κ1) is 23.8. The molecule has 8 nitrogen and oxygen atoms in total. The molecule has 1 saturated carbocycles. The zero-order chi connectivity index (χ0) is 24.1. The van der Waals surface area contributed by atoms with Crippen LogP contribution in [0, 0.1) is 5.41 Å². The lowest BCUT2D eigenvalue weighted by atomic mass is 9.68. The van der Waals surface area contributed by atoms with Gasteiger partial charge < -0.3 is 25.2 Å². The molecule has 34 heavy (non-hydrogen) atoms. The maximum absolute atomic E-state index is 12.8. The van der Waals surface area contributed by atoms with Crippen molar-refractivity contribution in [3.05, 3.63) is 59.7 Å². The van der Waals surface area contributed by atoms with Gasteiger partial charge in [0.1, 0.15) is 6.61 Å². The highest BCUT2D eigenvalue weighted by molar-refractivity contribution is 5.84. The Morgan fingerprint density at radius 3 is 2.18 bits per heavy atom. The first-order valence-electron chi connectivity index (χ1n) is 11.6. The van der Waals surface area contributed by atoms with Gasteiger partial charge in [0.05, 0.1) is 17.9 Å². The summed E-state index contributed by atoms with van der Waals surface area (Å²) in [6, 6.07) is 16.3. The summed E-state index contributed by atoms with van der Waals surface area (Å²) in [4.78, 5) is 36.2. The highest BCUT2D eigenvalue weighted by atomic mass is 16.5. The smallest absolute Gasteiger partial charge is 0.407 e. The van der Waals surface area contributed by atoms with Crippen molar-refractivity contribution in [2.75, 3.05) is 26.8 Å². The summed E-state index contributed by atoms with van der Waals surface area (Å²) >= 11 is 0. The van der Waals surface area contributed by atoms with Gasteiger partial charge in [-0.05, 0) is 35.1 Å². The molecule has 0 bridgehead atoms. The number of fused-ring (bicyclic) bond motifs is 3. The summed E-state index contributed by atoms with van der Waals surface area (Å²) in [5.74, 6) is -1.22. The number of ether oxygens (including phenoxy) is 2. The van der Waals surface area contributed by atoms with Crippen LogP contribution in [0.2, 0.25) is 0 Å². The second-order valence-electron chi connectivity index (χ2n) is 8.98. The lowest BCUT2D eigenvalue weighted by Crippen LogP contribution is -2.53. The Morgan fingerprint density at radius 2 is 1.65 bits per heavy atom. The van der Waals surface area contributed by atoms with Crippen LogP contribution in [-0.4, -0.2) is 56.0 Å². The number of methoxy groups -OCH3 is 1. The van der Waals surface area contributed by atoms with Gasteiger partial charge in [0, 0.05) is 26.1 Å². The van der Waals surface area contributed by atoms with Crippen LogP contribution in [0.1, 0.15) is 42.7 Å². The number of carboxylic acid groups (broad SMARTS) is 1. The van der Waals surface area contributed by atoms with E-state index in [0.717, 1.165) is 28.7 Å². The Hall–Kier alpha value is -3.39. The molecule has 2 aliphatic carbocycles. The minimum absolute atomic E-state index is 0.0284. The molecular weight excluding hydrogens is 436 g/mol. The largest absolute Gasteiger partial charge is 0.481 e. The molecule has 1 atom stereocenters. The van der Waals surface area contributed by atoms with Gasteiger partial charge in [0.15, 0.2) is 0 Å². The fourth-order valence-corrected chi connectivity index (χ4v) is 4.81. The van der Waals surface area contributed by atoms with Crippen LogP contribution in [0.15, 0.2) is 48.5 Å². The zero-order valence-electron chi connectivity index (χ0n) is 19.2. The molecule has 3 N–H and O–H groups in total. The van der Waals surface area contributed by atoms with Crippen LogP contribution in [0.25, 0.3) is 11.1 Å². The second-order valence-corrected chi connectivity index (χ2v) is 8.98. The predicted octanol–water partition coefficient (Wildman–Crippen LogP) is 3.30. The molecule has 8 heteroatoms. The minimum Gasteiger partial charge on any atom is -0.481 e. The van der Waals surface area contributed by atoms with E-state index < -0.39 is 23.6 Å². The van der Waals surface area contributed by atoms with Crippen molar-refractivity contribution in [1.29, 1.82) is 0 Å². The van der Waals surface area contributed by atoms with Crippen LogP contribution < -0.4 is 10.6 Å². The first-order chi connectivity index (χ1) is 16.4. The normalized spacial score (nSPS) is 16.5. The molecule has 2 aromatic carbocycles. The molecule has 0 aliphatic heterocycles. The molecule has 0 saturated heterocycles. The van der Waals surface area contributed by atoms with Gasteiger partial charge in [0.25, 0.3) is 0 Å². The molecular formula is C26H30N2O6. The maximum Gasteiger partial charge on any atom is 0.407 e. The van der Waals surface area contributed by atoms with Gasteiger partial charge >= 0.3 is 12.1 Å². The minimum atomic E-state index is -0.989. The molecule has 0 spiro atoms. The van der Waals surface area contributed by atoms with E-state index in [2.05, 4.69) is 34.9 Å². The Morgan fingerprint density at radius 1 is 1.03 bits per heavy atom. The predicted molar refractivity (Wildman–Crippen MR) is 125 cm³/mol. The number of alkyl carbamates (subject to hydrolysis) is 1. The number of aliphatic carboxylic acids is 1. The van der Waals surface area contributed by atoms with Crippen molar-refractivity contribution in [1.82, 2.24) is 10.6 Å². The van der Waals surface area contributed by atoms with Crippen LogP contribution in [-0.2, 0) is 19.1 Å². The van der Waals surface area contributed by atoms with Crippen molar-refractivity contribution in [3.63, 3.8) is 0 Å². The molecule has 1 fully saturated rings. The number of hydrogen-bond acceptors (Lipinski definition) is 5. The number of carboxylic acids is 1. The lowest BCUT2D eigenvalue weighted by Gasteiger charge is -2.40. The SMILES string of the molecule is COC(CNC(=O)C1(CNC(=O)OCC2c3ccccc3-c3ccccc32)CCC1)CC(=O)O. The lowest BCUT2D eigenvalue weighted by molar-refractivity contribution is -0.141. The van der Waals surface area contributed by atoms with Crippen LogP contribution in [0.5, 0.6) is 0 Å². The van der Waals surface area contributed by atoms with Gasteiger partial charge in [-0.3, -0.25) is 9.59 Å². The number of carbonyl (C=O) groups excluding carboxylic acids is 2. The quantitative estimate of drug-likeness (QED) is 0.495. The van der Waals surface area contributed by atoms with Crippen molar-refractivity contribution >= 4 is 18.0 Å². The van der Waals surface area contributed by atoms with Crippen molar-refractivity contribution in [3.8, 4) is 11.1 Å². The average molecular weight is 467 g/mol. The van der Waals surface area contributed by atoms with Crippen molar-refractivity contribution < 1.29 is 29.0 Å². The molecule has 0 heterocycles. The Bertz CT molecular complexity index is 1020. The van der Waals surface area contributed by atoms with Gasteiger partial charge in [0.2, 0.25) is 5.91 Å². The van der Waals surface area contributed by atoms with E-state index in [1.54, 1.807) is 0 Å². The highest BCUT2D eigenvalue weighted by Gasteiger charge is 2.44. The highest BCUT2D eigenvalue weighted by Crippen LogP contribution is 2.44. The molecule has 180 valence electrons. The Kier molecular flexibility index (Phi) is 7.17. The average Bonchev–Trinajstić information content (AvgIpc) is 3.13. The summed E-state index contributed by atoms with van der Waals surface area (Å²) < 4.78 is 10.7. The third kappa shape index (κ3) is 4.92. The summed E-state index contributed by atoms with van der Waals surface area (Å²) in [6.07, 6.45) is 0.845. The van der Waals surface area contributed by atoms with Gasteiger partial charge in [-0.2, -0.15) is 0 Å². The maximum atomic E-state index is 12.8. The summed E-state index contributed by atoms with van der Waals surface area (Å²) in [6.45, 7) is 0.490. The fourth-order valence-electron chi connectivity index (χ4n) is 4.81. The van der Waals surface area contributed by atoms with E-state index in [0.29, 0.717) is 12.8 Å². The van der Waals surface area contributed by atoms with E-state index >= 15 is 0 Å². The molecule has 0 radical (unpaired) electrons. The van der Waals surface area contributed by atoms with E-state index in [1.165, 1.54) is 7.11 Å². The fraction of sp³-hybridized carbons (Fsp3) is 0.423. The second kappa shape index (κ2) is 10.3. The monoisotopic (exact) mass is 466 g/mol. The summed E-state index contributed by atoms with van der Waals surface area (Å²) in [5.41, 5.74) is 3.90. The van der Waals surface area contributed by atoms with E-state index in [9.17, 15) is 14.4 Å². The van der Waals surface area contributed by atoms with Gasteiger partial charge in [-0.15, -0.1) is 0 Å². The van der Waals surface area contributed by atoms with Crippen LogP contribution in [0.3, 0.4) is 0 Å². The first-order valence-corrected chi connectivity index (χ1v) is 11.6. The van der Waals surface area contributed by atoms with Gasteiger partial charge in [-0.25, -0.2) is 4.79 Å². The Balaban J connectivity index is 1.30. The Labute approximate surface area is 198 Å². The standard InChI is InChI=1S/C26H30N2O6/c1-33-17(13-23(29)30)14-27-24(31)26(11-6-12-26)16-28-25(32)34-15-22-20-9-4-2-7-18(20)19-8-3-5-10-21(19)22/h2-5,7-10,17,22H,6,11-16H2,1H3,(H,27,31)(H,28,32)(H,29,30). The number of amides is 2. The zero-order valence-corrected chi connectivity index (χ0v) is 19.2. The summed E-state index contributed by atoms with van der Waals surface area (Å²) in [7, 11) is 1.41. The number of carbonyl (C=O) groups is 3. The van der Waals surface area contributed by atoms with E-state index in [-0.39, 0.29) is 37.9 Å². The van der Waals surface area contributed by atoms with Crippen molar-refractivity contribution in [2.24, 2.45) is 5.41 Å². The third-order valence-electron chi connectivity index (χ3n) is 6.93. The molecule has 0 aromatic heterocycles. The van der Waals surface area contributed by atoms with Crippen molar-refractivity contribution in [2.45, 2.75) is 37.7 Å². The topological polar surface area (TPSA) is 114 Å². The number of hydrogen-bond donors (Lipinski definition) is 3. The number of nitrogens with one attached hydrogen (secondary N) is 2.